The predicted molar refractivity (Wildman–Crippen MR) is 107 cm³/mol. The van der Waals surface area contributed by atoms with Crippen molar-refractivity contribution in [1.29, 1.82) is 0 Å². The van der Waals surface area contributed by atoms with E-state index >= 15 is 0 Å². The van der Waals surface area contributed by atoms with Gasteiger partial charge in [0, 0.05) is 18.1 Å². The summed E-state index contributed by atoms with van der Waals surface area (Å²) < 4.78 is 16.6. The van der Waals surface area contributed by atoms with Gasteiger partial charge in [-0.1, -0.05) is 18.7 Å². The van der Waals surface area contributed by atoms with E-state index in [2.05, 4.69) is 6.58 Å². The van der Waals surface area contributed by atoms with Gasteiger partial charge in [-0.2, -0.15) is 0 Å². The van der Waals surface area contributed by atoms with Crippen LogP contribution in [0.1, 0.15) is 33.6 Å². The van der Waals surface area contributed by atoms with E-state index in [9.17, 15) is 24.6 Å². The van der Waals surface area contributed by atoms with Crippen LogP contribution in [0.4, 0.5) is 0 Å². The summed E-state index contributed by atoms with van der Waals surface area (Å²) in [6.45, 7) is 7.54. The van der Waals surface area contributed by atoms with Crippen molar-refractivity contribution in [2.24, 2.45) is 5.92 Å². The minimum Gasteiger partial charge on any atom is -0.454 e. The molecular formula is C22H28O8. The van der Waals surface area contributed by atoms with Gasteiger partial charge in [0.15, 0.2) is 12.2 Å². The molecule has 0 radical (unpaired) electrons. The summed E-state index contributed by atoms with van der Waals surface area (Å²) in [5, 5.41) is 19.6. The average molecular weight is 420 g/mol. The van der Waals surface area contributed by atoms with Gasteiger partial charge in [-0.3, -0.25) is 4.79 Å². The summed E-state index contributed by atoms with van der Waals surface area (Å²) in [6, 6.07) is 0. The van der Waals surface area contributed by atoms with Crippen LogP contribution in [0.15, 0.2) is 47.1 Å². The maximum atomic E-state index is 12.6. The molecule has 1 aliphatic heterocycles. The van der Waals surface area contributed by atoms with Crippen LogP contribution >= 0.6 is 0 Å². The monoisotopic (exact) mass is 420 g/mol. The van der Waals surface area contributed by atoms with E-state index in [0.717, 1.165) is 0 Å². The molecular weight excluding hydrogens is 392 g/mol. The molecule has 30 heavy (non-hydrogen) atoms. The standard InChI is InChI=1S/C22H28O8/c1-5-12(2)21(26)30-20-18-13(3)22(27)29-17(18)9-15(10-23)7-6-8-16(11-24)19(20)28-14(4)25/h5,8-9,17-20,23-24H,3,6-7,10-11H2,1-2,4H3/b12-5-,15-9-,16-8-/t17-,18+,19+,20+/m1/s1. The van der Waals surface area contributed by atoms with Crippen molar-refractivity contribution in [1.82, 2.24) is 0 Å². The second-order valence-corrected chi connectivity index (χ2v) is 7.25. The highest BCUT2D eigenvalue weighted by molar-refractivity contribution is 5.92. The Balaban J connectivity index is 2.64. The van der Waals surface area contributed by atoms with E-state index in [1.165, 1.54) is 6.92 Å². The quantitative estimate of drug-likeness (QED) is 0.297. The van der Waals surface area contributed by atoms with E-state index in [4.69, 9.17) is 14.2 Å². The van der Waals surface area contributed by atoms with Gasteiger partial charge < -0.3 is 24.4 Å². The van der Waals surface area contributed by atoms with Crippen molar-refractivity contribution in [2.75, 3.05) is 13.2 Å². The lowest BCUT2D eigenvalue weighted by Gasteiger charge is -2.33. The highest BCUT2D eigenvalue weighted by atomic mass is 16.6. The molecule has 0 aromatic heterocycles. The number of allylic oxidation sites excluding steroid dienone is 2. The Labute approximate surface area is 175 Å². The van der Waals surface area contributed by atoms with E-state index in [1.54, 1.807) is 32.1 Å². The van der Waals surface area contributed by atoms with Crippen LogP contribution in [0, 0.1) is 5.92 Å². The van der Waals surface area contributed by atoms with Crippen molar-refractivity contribution >= 4 is 17.9 Å². The second-order valence-electron chi connectivity index (χ2n) is 7.25. The van der Waals surface area contributed by atoms with Crippen LogP contribution in [0.2, 0.25) is 0 Å². The zero-order chi connectivity index (χ0) is 22.4. The van der Waals surface area contributed by atoms with Gasteiger partial charge in [0.25, 0.3) is 0 Å². The SMILES string of the molecule is C=C1C(=O)O[C@@H]2/C=C(\CO)CC/C=C(/CO)[C@H](OC(C)=O)[C@@H](OC(=O)/C(C)=C\C)[C@@H]12. The molecule has 0 saturated carbocycles. The van der Waals surface area contributed by atoms with Crippen LogP contribution in [0.25, 0.3) is 0 Å². The Hall–Kier alpha value is -2.71. The molecule has 1 saturated heterocycles. The molecule has 4 atom stereocenters. The largest absolute Gasteiger partial charge is 0.454 e. The normalized spacial score (nSPS) is 30.9. The molecule has 1 heterocycles. The molecule has 8 heteroatoms. The van der Waals surface area contributed by atoms with Crippen molar-refractivity contribution in [3.05, 3.63) is 47.1 Å². The van der Waals surface area contributed by atoms with Crippen molar-refractivity contribution in [3.8, 4) is 0 Å². The summed E-state index contributed by atoms with van der Waals surface area (Å²) in [7, 11) is 0. The third-order valence-corrected chi connectivity index (χ3v) is 5.23. The molecule has 0 spiro atoms. The van der Waals surface area contributed by atoms with E-state index < -0.39 is 48.7 Å². The van der Waals surface area contributed by atoms with Crippen molar-refractivity contribution in [2.45, 2.75) is 51.9 Å². The van der Waals surface area contributed by atoms with Gasteiger partial charge in [-0.05, 0) is 43.9 Å². The average Bonchev–Trinajstić information content (AvgIpc) is 2.99. The third-order valence-electron chi connectivity index (χ3n) is 5.23. The van der Waals surface area contributed by atoms with Crippen LogP contribution in [0.5, 0.6) is 0 Å². The maximum absolute atomic E-state index is 12.6. The minimum absolute atomic E-state index is 0.0551. The fraction of sp³-hybridized carbons (Fsp3) is 0.500. The molecule has 1 fully saturated rings. The number of carbonyl (C=O) groups excluding carboxylic acids is 3. The van der Waals surface area contributed by atoms with E-state index in [-0.39, 0.29) is 12.2 Å². The third kappa shape index (κ3) is 5.25. The van der Waals surface area contributed by atoms with Gasteiger partial charge in [0.05, 0.1) is 19.1 Å². The number of hydrogen-bond acceptors (Lipinski definition) is 8. The smallest absolute Gasteiger partial charge is 0.334 e. The highest BCUT2D eigenvalue weighted by Gasteiger charge is 2.49. The molecule has 2 rings (SSSR count). The Morgan fingerprint density at radius 2 is 1.97 bits per heavy atom. The summed E-state index contributed by atoms with van der Waals surface area (Å²) >= 11 is 0. The van der Waals surface area contributed by atoms with Crippen LogP contribution in [-0.2, 0) is 28.6 Å². The van der Waals surface area contributed by atoms with E-state index in [1.807, 2.05) is 0 Å². The predicted octanol–water partition coefficient (Wildman–Crippen LogP) is 1.53. The number of rotatable bonds is 5. The number of aliphatic hydroxyl groups excluding tert-OH is 2. The van der Waals surface area contributed by atoms with Gasteiger partial charge in [0.1, 0.15) is 6.10 Å². The zero-order valence-corrected chi connectivity index (χ0v) is 17.4. The summed E-state index contributed by atoms with van der Waals surface area (Å²) in [5.74, 6) is -2.84. The lowest BCUT2D eigenvalue weighted by Crippen LogP contribution is -2.45. The van der Waals surface area contributed by atoms with Gasteiger partial charge in [-0.15, -0.1) is 0 Å². The lowest BCUT2D eigenvalue weighted by atomic mass is 9.83. The number of hydrogen-bond donors (Lipinski definition) is 2. The molecule has 0 aromatic carbocycles. The molecule has 1 aliphatic carbocycles. The first-order chi connectivity index (χ1) is 14.2. The van der Waals surface area contributed by atoms with Crippen molar-refractivity contribution in [3.63, 3.8) is 0 Å². The molecule has 0 bridgehead atoms. The molecule has 0 amide bonds. The Kier molecular flexibility index (Phi) is 8.14. The minimum atomic E-state index is -1.17. The van der Waals surface area contributed by atoms with Crippen LogP contribution < -0.4 is 0 Å². The second kappa shape index (κ2) is 10.4. The number of esters is 3. The summed E-state index contributed by atoms with van der Waals surface area (Å²) in [4.78, 5) is 36.7. The molecule has 8 nitrogen and oxygen atoms in total. The molecule has 164 valence electrons. The lowest BCUT2D eigenvalue weighted by molar-refractivity contribution is -0.166. The number of aliphatic hydroxyl groups is 2. The zero-order valence-electron chi connectivity index (χ0n) is 17.4. The molecule has 0 unspecified atom stereocenters. The molecule has 0 aromatic rings. The Morgan fingerprint density at radius 1 is 1.27 bits per heavy atom. The van der Waals surface area contributed by atoms with Crippen molar-refractivity contribution < 1.29 is 38.8 Å². The van der Waals surface area contributed by atoms with E-state index in [0.29, 0.717) is 29.6 Å². The fourth-order valence-electron chi connectivity index (χ4n) is 3.48. The van der Waals surface area contributed by atoms with Crippen LogP contribution in [-0.4, -0.2) is 59.6 Å². The number of fused-ring (bicyclic) bond motifs is 1. The Bertz CT molecular complexity index is 804. The number of carbonyl (C=O) groups is 3. The first-order valence-corrected chi connectivity index (χ1v) is 9.74. The van der Waals surface area contributed by atoms with Gasteiger partial charge >= 0.3 is 17.9 Å². The highest BCUT2D eigenvalue weighted by Crippen LogP contribution is 2.37. The first-order valence-electron chi connectivity index (χ1n) is 9.74. The topological polar surface area (TPSA) is 119 Å². The number of ether oxygens (including phenoxy) is 3. The van der Waals surface area contributed by atoms with Gasteiger partial charge in [0.2, 0.25) is 0 Å². The fourth-order valence-corrected chi connectivity index (χ4v) is 3.48. The van der Waals surface area contributed by atoms with Crippen LogP contribution in [0.3, 0.4) is 0 Å². The van der Waals surface area contributed by atoms with Gasteiger partial charge in [-0.25, -0.2) is 9.59 Å². The Morgan fingerprint density at radius 3 is 2.53 bits per heavy atom. The summed E-state index contributed by atoms with van der Waals surface area (Å²) in [6.07, 6.45) is 2.57. The molecule has 2 aliphatic rings. The molecule has 2 N–H and O–H groups in total. The maximum Gasteiger partial charge on any atom is 0.334 e. The summed E-state index contributed by atoms with van der Waals surface area (Å²) in [5.41, 5.74) is 1.33. The first kappa shape index (κ1) is 23.6.